The van der Waals surface area contributed by atoms with Crippen LogP contribution in [0.1, 0.15) is 114 Å². The van der Waals surface area contributed by atoms with Gasteiger partial charge in [0, 0.05) is 0 Å². The average Bonchev–Trinajstić information content (AvgIpc) is 2.71. The van der Waals surface area contributed by atoms with Crippen molar-refractivity contribution < 1.29 is 0 Å². The normalized spacial score (nSPS) is 49.8. The van der Waals surface area contributed by atoms with Crippen LogP contribution in [0.4, 0.5) is 0 Å². The highest BCUT2D eigenvalue weighted by Crippen LogP contribution is 2.67. The molecule has 0 saturated heterocycles. The molecule has 30 heavy (non-hydrogen) atoms. The Hall–Kier alpha value is -0.260. The second-order valence-corrected chi connectivity index (χ2v) is 13.1. The van der Waals surface area contributed by atoms with Crippen molar-refractivity contribution in [1.82, 2.24) is 0 Å². The van der Waals surface area contributed by atoms with Gasteiger partial charge in [-0.1, -0.05) is 93.7 Å². The van der Waals surface area contributed by atoms with Gasteiger partial charge in [-0.05, 0) is 96.2 Å². The van der Waals surface area contributed by atoms with Crippen LogP contribution < -0.4 is 0 Å². The second kappa shape index (κ2) is 8.94. The first-order chi connectivity index (χ1) is 14.0. The third kappa shape index (κ3) is 3.85. The Bertz CT molecular complexity index is 599. The Morgan fingerprint density at radius 1 is 0.900 bits per heavy atom. The maximum Gasteiger partial charge on any atom is -0.0235 e. The zero-order valence-corrected chi connectivity index (χ0v) is 22.1. The van der Waals surface area contributed by atoms with E-state index in [0.717, 1.165) is 53.3 Å². The molecule has 0 amide bonds. The fraction of sp³-hybridized carbons (Fsp3) is 0.933. The first kappa shape index (κ1) is 24.4. The van der Waals surface area contributed by atoms with Crippen LogP contribution in [0.3, 0.4) is 0 Å². The van der Waals surface area contributed by atoms with Gasteiger partial charge >= 0.3 is 0 Å². The molecule has 3 fully saturated rings. The summed E-state index contributed by atoms with van der Waals surface area (Å²) in [5.41, 5.74) is 2.45. The van der Waals surface area contributed by atoms with Gasteiger partial charge in [-0.2, -0.15) is 0 Å². The van der Waals surface area contributed by atoms with E-state index in [1.165, 1.54) is 51.4 Å². The van der Waals surface area contributed by atoms with E-state index in [2.05, 4.69) is 68.9 Å². The quantitative estimate of drug-likeness (QED) is 0.395. The first-order valence-electron chi connectivity index (χ1n) is 13.7. The topological polar surface area (TPSA) is 0 Å². The van der Waals surface area contributed by atoms with Gasteiger partial charge in [0.25, 0.3) is 0 Å². The van der Waals surface area contributed by atoms with E-state index >= 15 is 0 Å². The number of allylic oxidation sites excluding steroid dienone is 1. The SMILES string of the molecule is C=C1CCC2C(C)C(C)(C)C(CC)C3C(CC)CC(C(C)CCC(C)C23C)C(C)C1. The summed E-state index contributed by atoms with van der Waals surface area (Å²) in [7, 11) is 0. The number of rotatable bonds is 2. The van der Waals surface area contributed by atoms with Crippen molar-refractivity contribution in [3.63, 3.8) is 0 Å². The van der Waals surface area contributed by atoms with Gasteiger partial charge in [-0.3, -0.25) is 0 Å². The molecular weight excluding hydrogens is 360 g/mol. The molecule has 0 heteroatoms. The minimum absolute atomic E-state index is 0.437. The van der Waals surface area contributed by atoms with E-state index in [0.29, 0.717) is 10.8 Å². The molecule has 3 rings (SSSR count). The third-order valence-electron chi connectivity index (χ3n) is 11.7. The molecule has 0 spiro atoms. The zero-order chi connectivity index (χ0) is 22.4. The summed E-state index contributed by atoms with van der Waals surface area (Å²) in [6, 6.07) is 0. The monoisotopic (exact) mass is 414 g/mol. The van der Waals surface area contributed by atoms with Crippen LogP contribution in [0.5, 0.6) is 0 Å². The lowest BCUT2D eigenvalue weighted by atomic mass is 9.40. The lowest BCUT2D eigenvalue weighted by Gasteiger charge is -2.65. The lowest BCUT2D eigenvalue weighted by molar-refractivity contribution is -0.169. The van der Waals surface area contributed by atoms with Crippen LogP contribution in [-0.2, 0) is 0 Å². The molecule has 0 aromatic carbocycles. The van der Waals surface area contributed by atoms with Crippen molar-refractivity contribution in [1.29, 1.82) is 0 Å². The van der Waals surface area contributed by atoms with Crippen molar-refractivity contribution in [3.05, 3.63) is 12.2 Å². The molecule has 0 radical (unpaired) electrons. The largest absolute Gasteiger partial charge is 0.0999 e. The summed E-state index contributed by atoms with van der Waals surface area (Å²) >= 11 is 0. The maximum atomic E-state index is 4.61. The minimum Gasteiger partial charge on any atom is -0.0999 e. The van der Waals surface area contributed by atoms with Gasteiger partial charge in [0.2, 0.25) is 0 Å². The fourth-order valence-electron chi connectivity index (χ4n) is 9.46. The highest BCUT2D eigenvalue weighted by molar-refractivity contribution is 5.11. The molecule has 3 aliphatic rings. The molecule has 0 aromatic rings. The molecule has 0 aliphatic heterocycles. The zero-order valence-electron chi connectivity index (χ0n) is 22.1. The summed E-state index contributed by atoms with van der Waals surface area (Å²) in [5, 5.41) is 0. The van der Waals surface area contributed by atoms with Gasteiger partial charge in [-0.15, -0.1) is 0 Å². The van der Waals surface area contributed by atoms with Gasteiger partial charge in [0.15, 0.2) is 0 Å². The van der Waals surface area contributed by atoms with E-state index < -0.39 is 0 Å². The predicted octanol–water partition coefficient (Wildman–Crippen LogP) is 9.40. The third-order valence-corrected chi connectivity index (χ3v) is 11.7. The second-order valence-electron chi connectivity index (χ2n) is 13.1. The molecular formula is C30H54. The van der Waals surface area contributed by atoms with Crippen LogP contribution in [0.15, 0.2) is 12.2 Å². The van der Waals surface area contributed by atoms with E-state index in [9.17, 15) is 0 Å². The van der Waals surface area contributed by atoms with Gasteiger partial charge in [-0.25, -0.2) is 0 Å². The standard InChI is InChI=1S/C30H54/c1-11-24-18-25-20(4)14-15-22(6)30(10)27(16-13-19(3)17-21(25)5)23(7)29(8,9)26(12-2)28(24)30/h20-28H,3,11-18H2,1-2,4-10H3. The fourth-order valence-corrected chi connectivity index (χ4v) is 9.46. The maximum absolute atomic E-state index is 4.61. The van der Waals surface area contributed by atoms with Crippen LogP contribution in [0.25, 0.3) is 0 Å². The Kier molecular flexibility index (Phi) is 7.27. The lowest BCUT2D eigenvalue weighted by Crippen LogP contribution is -2.59. The van der Waals surface area contributed by atoms with E-state index in [1.807, 2.05) is 0 Å². The molecule has 0 heterocycles. The molecule has 4 bridgehead atoms. The molecule has 3 aliphatic carbocycles. The number of fused-ring (bicyclic) bond motifs is 2. The summed E-state index contributed by atoms with van der Waals surface area (Å²) in [5.74, 6) is 7.61. The molecule has 0 nitrogen and oxygen atoms in total. The number of hydrogen-bond acceptors (Lipinski definition) is 0. The minimum atomic E-state index is 0.437. The van der Waals surface area contributed by atoms with Crippen LogP contribution in [0, 0.1) is 64.1 Å². The smallest absolute Gasteiger partial charge is 0.0235 e. The van der Waals surface area contributed by atoms with Gasteiger partial charge in [0.1, 0.15) is 0 Å². The highest BCUT2D eigenvalue weighted by atomic mass is 14.7. The van der Waals surface area contributed by atoms with E-state index in [4.69, 9.17) is 0 Å². The van der Waals surface area contributed by atoms with Crippen LogP contribution in [0.2, 0.25) is 0 Å². The predicted molar refractivity (Wildman–Crippen MR) is 133 cm³/mol. The Labute approximate surface area is 190 Å². The van der Waals surface area contributed by atoms with Crippen LogP contribution >= 0.6 is 0 Å². The van der Waals surface area contributed by atoms with Crippen molar-refractivity contribution in [2.45, 2.75) is 114 Å². The van der Waals surface area contributed by atoms with E-state index in [-0.39, 0.29) is 0 Å². The summed E-state index contributed by atoms with van der Waals surface area (Å²) in [6.07, 6.45) is 11.0. The number of hydrogen-bond donors (Lipinski definition) is 0. The average molecular weight is 415 g/mol. The summed E-state index contributed by atoms with van der Waals surface area (Å²) < 4.78 is 0. The molecule has 174 valence electrons. The Morgan fingerprint density at radius 2 is 1.57 bits per heavy atom. The molecule has 10 atom stereocenters. The van der Waals surface area contributed by atoms with Crippen molar-refractivity contribution >= 4 is 0 Å². The van der Waals surface area contributed by atoms with E-state index in [1.54, 1.807) is 5.57 Å². The van der Waals surface area contributed by atoms with Crippen LogP contribution in [-0.4, -0.2) is 0 Å². The first-order valence-corrected chi connectivity index (χ1v) is 13.7. The van der Waals surface area contributed by atoms with Gasteiger partial charge < -0.3 is 0 Å². The van der Waals surface area contributed by atoms with Crippen molar-refractivity contribution in [2.75, 3.05) is 0 Å². The molecule has 3 saturated carbocycles. The van der Waals surface area contributed by atoms with Gasteiger partial charge in [0.05, 0.1) is 0 Å². The molecule has 10 unspecified atom stereocenters. The Balaban J connectivity index is 2.25. The van der Waals surface area contributed by atoms with Crippen molar-refractivity contribution in [2.24, 2.45) is 64.1 Å². The summed E-state index contributed by atoms with van der Waals surface area (Å²) in [4.78, 5) is 0. The Morgan fingerprint density at radius 3 is 2.17 bits per heavy atom. The highest BCUT2D eigenvalue weighted by Gasteiger charge is 2.61. The van der Waals surface area contributed by atoms with Crippen molar-refractivity contribution in [3.8, 4) is 0 Å². The molecule has 0 aromatic heterocycles. The molecule has 0 N–H and O–H groups in total. The summed E-state index contributed by atoms with van der Waals surface area (Å²) in [6.45, 7) is 28.1.